The number of anilines is 1. The van der Waals surface area contributed by atoms with Gasteiger partial charge in [0.2, 0.25) is 0 Å². The van der Waals surface area contributed by atoms with Crippen molar-refractivity contribution < 1.29 is 9.90 Å². The Morgan fingerprint density at radius 3 is 2.59 bits per heavy atom. The first-order valence-corrected chi connectivity index (χ1v) is 5.66. The van der Waals surface area contributed by atoms with E-state index in [2.05, 4.69) is 21.0 Å². The van der Waals surface area contributed by atoms with Gasteiger partial charge in [-0.05, 0) is 17.7 Å². The summed E-state index contributed by atoms with van der Waals surface area (Å²) in [7, 11) is 0. The first-order valence-electron chi connectivity index (χ1n) is 4.87. The number of carboxylic acid groups (broad SMARTS) is 1. The van der Waals surface area contributed by atoms with Gasteiger partial charge in [-0.3, -0.25) is 0 Å². The number of benzene rings is 1. The third-order valence-electron chi connectivity index (χ3n) is 2.36. The Labute approximate surface area is 106 Å². The average molecular weight is 296 g/mol. The van der Waals surface area contributed by atoms with Gasteiger partial charge in [0.25, 0.3) is 0 Å². The second-order valence-electron chi connectivity index (χ2n) is 3.53. The Hall–Kier alpha value is -1.82. The predicted molar refractivity (Wildman–Crippen MR) is 66.8 cm³/mol. The normalized spacial score (nSPS) is 10.4. The molecular weight excluding hydrogens is 286 g/mol. The molecule has 0 aliphatic rings. The van der Waals surface area contributed by atoms with Gasteiger partial charge in [0, 0.05) is 4.47 Å². The van der Waals surface area contributed by atoms with Crippen LogP contribution in [0.5, 0.6) is 0 Å². The predicted octanol–water partition coefficient (Wildman–Crippen LogP) is 1.97. The van der Waals surface area contributed by atoms with Crippen molar-refractivity contribution in [1.82, 2.24) is 9.78 Å². The van der Waals surface area contributed by atoms with Crippen LogP contribution in [0.15, 0.2) is 34.9 Å². The molecule has 0 fully saturated rings. The number of nitrogens with zero attached hydrogens (tertiary/aromatic N) is 2. The van der Waals surface area contributed by atoms with E-state index in [0.29, 0.717) is 6.54 Å². The van der Waals surface area contributed by atoms with Crippen LogP contribution >= 0.6 is 15.9 Å². The minimum atomic E-state index is -1.07. The second kappa shape index (κ2) is 4.58. The van der Waals surface area contributed by atoms with Crippen LogP contribution in [0, 0.1) is 0 Å². The SMILES string of the molecule is Nc1c(C(=O)O)cnn1Cc1ccc(Br)cc1. The van der Waals surface area contributed by atoms with Crippen LogP contribution in [0.4, 0.5) is 5.82 Å². The van der Waals surface area contributed by atoms with E-state index >= 15 is 0 Å². The standard InChI is InChI=1S/C11H10BrN3O2/c12-8-3-1-7(2-4-8)6-15-10(13)9(5-14-15)11(16)17/h1-5H,6,13H2,(H,16,17). The summed E-state index contributed by atoms with van der Waals surface area (Å²) >= 11 is 3.34. The summed E-state index contributed by atoms with van der Waals surface area (Å²) in [5, 5.41) is 12.8. The number of aromatic nitrogens is 2. The van der Waals surface area contributed by atoms with Crippen molar-refractivity contribution in [1.29, 1.82) is 0 Å². The van der Waals surface area contributed by atoms with Gasteiger partial charge < -0.3 is 10.8 Å². The number of hydrogen-bond donors (Lipinski definition) is 2. The lowest BCUT2D eigenvalue weighted by Gasteiger charge is -2.04. The summed E-state index contributed by atoms with van der Waals surface area (Å²) in [4.78, 5) is 10.8. The molecule has 2 rings (SSSR count). The van der Waals surface area contributed by atoms with Crippen molar-refractivity contribution in [3.05, 3.63) is 46.1 Å². The number of hydrogen-bond acceptors (Lipinski definition) is 3. The fourth-order valence-electron chi connectivity index (χ4n) is 1.45. The Morgan fingerprint density at radius 2 is 2.06 bits per heavy atom. The van der Waals surface area contributed by atoms with E-state index in [9.17, 15) is 4.79 Å². The van der Waals surface area contributed by atoms with Gasteiger partial charge in [-0.15, -0.1) is 0 Å². The maximum absolute atomic E-state index is 10.8. The molecule has 6 heteroatoms. The van der Waals surface area contributed by atoms with Crippen molar-refractivity contribution in [3.63, 3.8) is 0 Å². The lowest BCUT2D eigenvalue weighted by atomic mass is 10.2. The fraction of sp³-hybridized carbons (Fsp3) is 0.0909. The van der Waals surface area contributed by atoms with Crippen LogP contribution in [0.25, 0.3) is 0 Å². The largest absolute Gasteiger partial charge is 0.477 e. The van der Waals surface area contributed by atoms with E-state index in [1.807, 2.05) is 24.3 Å². The minimum Gasteiger partial charge on any atom is -0.477 e. The highest BCUT2D eigenvalue weighted by Crippen LogP contribution is 2.15. The molecule has 0 bridgehead atoms. The highest BCUT2D eigenvalue weighted by atomic mass is 79.9. The van der Waals surface area contributed by atoms with E-state index in [0.717, 1.165) is 10.0 Å². The maximum Gasteiger partial charge on any atom is 0.341 e. The van der Waals surface area contributed by atoms with Crippen molar-refractivity contribution in [2.24, 2.45) is 0 Å². The molecule has 88 valence electrons. The van der Waals surface area contributed by atoms with Crippen LogP contribution in [-0.2, 0) is 6.54 Å². The summed E-state index contributed by atoms with van der Waals surface area (Å²) in [5.41, 5.74) is 6.72. The van der Waals surface area contributed by atoms with E-state index in [-0.39, 0.29) is 11.4 Å². The number of nitrogen functional groups attached to an aromatic ring is 1. The molecule has 5 nitrogen and oxygen atoms in total. The molecule has 1 aromatic carbocycles. The van der Waals surface area contributed by atoms with Gasteiger partial charge in [0.05, 0.1) is 12.7 Å². The average Bonchev–Trinajstić information content (AvgIpc) is 2.64. The molecule has 0 radical (unpaired) electrons. The van der Waals surface area contributed by atoms with E-state index in [4.69, 9.17) is 10.8 Å². The van der Waals surface area contributed by atoms with Crippen molar-refractivity contribution in [2.45, 2.75) is 6.54 Å². The highest BCUT2D eigenvalue weighted by Gasteiger charge is 2.13. The second-order valence-corrected chi connectivity index (χ2v) is 4.45. The lowest BCUT2D eigenvalue weighted by Crippen LogP contribution is -2.08. The van der Waals surface area contributed by atoms with Crippen LogP contribution in [0.1, 0.15) is 15.9 Å². The van der Waals surface area contributed by atoms with Crippen LogP contribution < -0.4 is 5.73 Å². The number of rotatable bonds is 3. The van der Waals surface area contributed by atoms with Gasteiger partial charge >= 0.3 is 5.97 Å². The smallest absolute Gasteiger partial charge is 0.341 e. The monoisotopic (exact) mass is 295 g/mol. The highest BCUT2D eigenvalue weighted by molar-refractivity contribution is 9.10. The maximum atomic E-state index is 10.8. The van der Waals surface area contributed by atoms with Crippen LogP contribution in [-0.4, -0.2) is 20.9 Å². The summed E-state index contributed by atoms with van der Waals surface area (Å²) < 4.78 is 2.45. The molecule has 0 amide bonds. The zero-order chi connectivity index (χ0) is 12.4. The molecule has 2 aromatic rings. The Kier molecular flexibility index (Phi) is 3.14. The molecule has 0 aliphatic heterocycles. The van der Waals surface area contributed by atoms with Gasteiger partial charge in [0.1, 0.15) is 11.4 Å². The number of aromatic carboxylic acids is 1. The molecule has 17 heavy (non-hydrogen) atoms. The Bertz CT molecular complexity index is 548. The number of carboxylic acids is 1. The molecule has 0 saturated carbocycles. The fourth-order valence-corrected chi connectivity index (χ4v) is 1.71. The summed E-state index contributed by atoms with van der Waals surface area (Å²) in [6, 6.07) is 7.66. The van der Waals surface area contributed by atoms with Crippen LogP contribution in [0.3, 0.4) is 0 Å². The van der Waals surface area contributed by atoms with Crippen molar-refractivity contribution >= 4 is 27.7 Å². The molecule has 0 aliphatic carbocycles. The van der Waals surface area contributed by atoms with E-state index in [1.54, 1.807) is 0 Å². The number of halogens is 1. The summed E-state index contributed by atoms with van der Waals surface area (Å²) in [5.74, 6) is -0.898. The van der Waals surface area contributed by atoms with Crippen molar-refractivity contribution in [3.8, 4) is 0 Å². The molecule has 1 aromatic heterocycles. The molecule has 0 atom stereocenters. The molecule has 0 spiro atoms. The van der Waals surface area contributed by atoms with Gasteiger partial charge in [-0.25, -0.2) is 9.48 Å². The van der Waals surface area contributed by atoms with Gasteiger partial charge in [-0.2, -0.15) is 5.10 Å². The third-order valence-corrected chi connectivity index (χ3v) is 2.88. The zero-order valence-corrected chi connectivity index (χ0v) is 10.4. The Balaban J connectivity index is 2.24. The van der Waals surface area contributed by atoms with Gasteiger partial charge in [0.15, 0.2) is 0 Å². The number of carbonyl (C=O) groups is 1. The molecule has 1 heterocycles. The first kappa shape index (κ1) is 11.7. The summed E-state index contributed by atoms with van der Waals surface area (Å²) in [6.45, 7) is 0.451. The van der Waals surface area contributed by atoms with E-state index < -0.39 is 5.97 Å². The van der Waals surface area contributed by atoms with E-state index in [1.165, 1.54) is 10.9 Å². The molecule has 0 unspecified atom stereocenters. The minimum absolute atomic E-state index is 0.0297. The quantitative estimate of drug-likeness (QED) is 0.907. The molecular formula is C11H10BrN3O2. The Morgan fingerprint density at radius 1 is 1.41 bits per heavy atom. The zero-order valence-electron chi connectivity index (χ0n) is 8.80. The van der Waals surface area contributed by atoms with Crippen LogP contribution in [0.2, 0.25) is 0 Å². The summed E-state index contributed by atoms with van der Waals surface area (Å²) in [6.07, 6.45) is 1.26. The third kappa shape index (κ3) is 2.47. The van der Waals surface area contributed by atoms with Crippen molar-refractivity contribution in [2.75, 3.05) is 5.73 Å². The lowest BCUT2D eigenvalue weighted by molar-refractivity contribution is 0.0698. The molecule has 0 saturated heterocycles. The number of nitrogens with two attached hydrogens (primary N) is 1. The van der Waals surface area contributed by atoms with Gasteiger partial charge in [-0.1, -0.05) is 28.1 Å². The first-order chi connectivity index (χ1) is 8.08. The topological polar surface area (TPSA) is 81.1 Å². The molecule has 3 N–H and O–H groups in total.